The van der Waals surface area contributed by atoms with E-state index in [-0.39, 0.29) is 11.9 Å². The normalized spacial score (nSPS) is 18.6. The van der Waals surface area contributed by atoms with E-state index in [0.29, 0.717) is 48.9 Å². The summed E-state index contributed by atoms with van der Waals surface area (Å²) in [6.07, 6.45) is 3.55. The molecule has 25 heavy (non-hydrogen) atoms. The Balaban J connectivity index is 1.84. The van der Waals surface area contributed by atoms with Gasteiger partial charge in [-0.1, -0.05) is 0 Å². The number of aryl methyl sites for hydroxylation is 1. The molecule has 2 aromatic rings. The number of imidazole rings is 1. The van der Waals surface area contributed by atoms with Gasteiger partial charge in [0.15, 0.2) is 11.4 Å². The summed E-state index contributed by atoms with van der Waals surface area (Å²) in [7, 11) is -3.23. The van der Waals surface area contributed by atoms with Crippen molar-refractivity contribution in [1.29, 1.82) is 0 Å². The van der Waals surface area contributed by atoms with Gasteiger partial charge in [0.05, 0.1) is 18.6 Å². The molecule has 0 aromatic carbocycles. The third kappa shape index (κ3) is 3.47. The molecule has 1 atom stereocenters. The summed E-state index contributed by atoms with van der Waals surface area (Å²) in [5, 5.41) is 2.92. The second-order valence-corrected chi connectivity index (χ2v) is 8.11. The molecule has 0 spiro atoms. The molecule has 1 saturated heterocycles. The highest BCUT2D eigenvalue weighted by Crippen LogP contribution is 2.22. The number of carbonyl (C=O) groups excluding carboxylic acids is 1. The fourth-order valence-electron chi connectivity index (χ4n) is 3.10. The zero-order valence-corrected chi connectivity index (χ0v) is 15.3. The van der Waals surface area contributed by atoms with Gasteiger partial charge in [0.25, 0.3) is 5.91 Å². The molecule has 9 heteroatoms. The lowest BCUT2D eigenvalue weighted by Gasteiger charge is -2.15. The van der Waals surface area contributed by atoms with Gasteiger partial charge < -0.3 is 10.1 Å². The van der Waals surface area contributed by atoms with Crippen LogP contribution in [0, 0.1) is 6.92 Å². The molecular weight excluding hydrogens is 344 g/mol. The van der Waals surface area contributed by atoms with Crippen LogP contribution < -0.4 is 10.1 Å². The van der Waals surface area contributed by atoms with Crippen LogP contribution in [0.5, 0.6) is 5.75 Å². The summed E-state index contributed by atoms with van der Waals surface area (Å²) in [6, 6.07) is 3.41. The molecule has 0 aliphatic carbocycles. The number of rotatable bonds is 5. The molecule has 136 valence electrons. The van der Waals surface area contributed by atoms with Crippen molar-refractivity contribution in [2.45, 2.75) is 26.3 Å². The Morgan fingerprint density at radius 1 is 1.48 bits per heavy atom. The average Bonchev–Trinajstić information content (AvgIpc) is 3.11. The number of nitrogens with one attached hydrogen (secondary N) is 1. The van der Waals surface area contributed by atoms with Gasteiger partial charge in [-0.05, 0) is 32.4 Å². The minimum Gasteiger partial charge on any atom is -0.490 e. The highest BCUT2D eigenvalue weighted by molar-refractivity contribution is 7.88. The molecular formula is C16H22N4O4S. The van der Waals surface area contributed by atoms with Gasteiger partial charge in [-0.15, -0.1) is 0 Å². The van der Waals surface area contributed by atoms with Crippen molar-refractivity contribution in [3.05, 3.63) is 29.7 Å². The van der Waals surface area contributed by atoms with E-state index in [0.717, 1.165) is 0 Å². The predicted octanol–water partition coefficient (Wildman–Crippen LogP) is 0.805. The van der Waals surface area contributed by atoms with Crippen LogP contribution >= 0.6 is 0 Å². The molecule has 3 rings (SSSR count). The number of carbonyl (C=O) groups is 1. The molecule has 8 nitrogen and oxygen atoms in total. The van der Waals surface area contributed by atoms with Gasteiger partial charge in [-0.25, -0.2) is 17.7 Å². The predicted molar refractivity (Wildman–Crippen MR) is 93.4 cm³/mol. The molecule has 1 aliphatic heterocycles. The monoisotopic (exact) mass is 366 g/mol. The quantitative estimate of drug-likeness (QED) is 0.845. The number of pyridine rings is 1. The molecule has 3 heterocycles. The van der Waals surface area contributed by atoms with Crippen molar-refractivity contribution in [3.63, 3.8) is 0 Å². The highest BCUT2D eigenvalue weighted by atomic mass is 32.2. The number of amides is 1. The topological polar surface area (TPSA) is 93.0 Å². The first-order valence-corrected chi connectivity index (χ1v) is 10.0. The maximum absolute atomic E-state index is 12.7. The van der Waals surface area contributed by atoms with E-state index in [1.165, 1.54) is 10.6 Å². The number of nitrogens with zero attached hydrogens (tertiary/aromatic N) is 3. The minimum absolute atomic E-state index is 0.206. The summed E-state index contributed by atoms with van der Waals surface area (Å²) >= 11 is 0. The van der Waals surface area contributed by atoms with Crippen LogP contribution in [0.3, 0.4) is 0 Å². The first kappa shape index (κ1) is 17.7. The Morgan fingerprint density at radius 2 is 2.24 bits per heavy atom. The van der Waals surface area contributed by atoms with E-state index >= 15 is 0 Å². The van der Waals surface area contributed by atoms with Gasteiger partial charge in [-0.3, -0.25) is 9.20 Å². The van der Waals surface area contributed by atoms with Crippen LogP contribution in [0.15, 0.2) is 18.3 Å². The zero-order valence-electron chi connectivity index (χ0n) is 14.5. The van der Waals surface area contributed by atoms with Gasteiger partial charge in [0, 0.05) is 25.3 Å². The molecule has 0 unspecified atom stereocenters. The van der Waals surface area contributed by atoms with E-state index < -0.39 is 10.0 Å². The molecule has 1 fully saturated rings. The van der Waals surface area contributed by atoms with Crippen molar-refractivity contribution in [1.82, 2.24) is 19.0 Å². The van der Waals surface area contributed by atoms with Crippen LogP contribution in [0.2, 0.25) is 0 Å². The van der Waals surface area contributed by atoms with Crippen LogP contribution in [-0.4, -0.2) is 60.0 Å². The van der Waals surface area contributed by atoms with E-state index in [2.05, 4.69) is 10.3 Å². The van der Waals surface area contributed by atoms with Gasteiger partial charge in [0.1, 0.15) is 5.69 Å². The molecule has 0 bridgehead atoms. The second-order valence-electron chi connectivity index (χ2n) is 6.12. The summed E-state index contributed by atoms with van der Waals surface area (Å²) in [4.78, 5) is 17.2. The van der Waals surface area contributed by atoms with E-state index in [1.54, 1.807) is 23.6 Å². The number of fused-ring (bicyclic) bond motifs is 1. The fraction of sp³-hybridized carbons (Fsp3) is 0.500. The van der Waals surface area contributed by atoms with Crippen molar-refractivity contribution >= 4 is 21.6 Å². The Kier molecular flexibility index (Phi) is 4.70. The van der Waals surface area contributed by atoms with Gasteiger partial charge in [-0.2, -0.15) is 0 Å². The number of aromatic nitrogens is 2. The minimum atomic E-state index is -3.23. The Bertz CT molecular complexity index is 906. The lowest BCUT2D eigenvalue weighted by molar-refractivity contribution is 0.0932. The highest BCUT2D eigenvalue weighted by Gasteiger charge is 2.30. The smallest absolute Gasteiger partial charge is 0.270 e. The number of hydrogen-bond acceptors (Lipinski definition) is 5. The lowest BCUT2D eigenvalue weighted by Crippen LogP contribution is -2.38. The zero-order chi connectivity index (χ0) is 18.2. The lowest BCUT2D eigenvalue weighted by atomic mass is 10.2. The Morgan fingerprint density at radius 3 is 2.88 bits per heavy atom. The number of hydrogen-bond donors (Lipinski definition) is 1. The van der Waals surface area contributed by atoms with Gasteiger partial charge >= 0.3 is 0 Å². The summed E-state index contributed by atoms with van der Waals surface area (Å²) in [5.74, 6) is 0.357. The molecule has 0 radical (unpaired) electrons. The average molecular weight is 366 g/mol. The standard InChI is InChI=1S/C16H22N4O4S/c1-4-24-13-6-5-8-20-14(11(2)17-15(13)20)16(21)18-12-7-9-19(10-12)25(3,22)23/h5-6,8,12H,4,7,9-10H2,1-3H3,(H,18,21)/t12-/m0/s1. The summed E-state index contributed by atoms with van der Waals surface area (Å²) in [5.41, 5.74) is 1.63. The maximum Gasteiger partial charge on any atom is 0.270 e. The first-order valence-electron chi connectivity index (χ1n) is 8.17. The molecule has 0 saturated carbocycles. The van der Waals surface area contributed by atoms with E-state index in [1.807, 2.05) is 13.0 Å². The SMILES string of the molecule is CCOc1cccn2c(C(=O)N[C@H]3CCN(S(C)(=O)=O)C3)c(C)nc12. The Hall–Kier alpha value is -2.13. The fourth-order valence-corrected chi connectivity index (χ4v) is 3.99. The van der Waals surface area contributed by atoms with Crippen molar-refractivity contribution < 1.29 is 17.9 Å². The summed E-state index contributed by atoms with van der Waals surface area (Å²) < 4.78 is 31.9. The van der Waals surface area contributed by atoms with Crippen LogP contribution in [0.4, 0.5) is 0 Å². The molecule has 1 aliphatic rings. The number of sulfonamides is 1. The van der Waals surface area contributed by atoms with Gasteiger partial charge in [0.2, 0.25) is 10.0 Å². The largest absolute Gasteiger partial charge is 0.490 e. The molecule has 1 amide bonds. The molecule has 1 N–H and O–H groups in total. The van der Waals surface area contributed by atoms with Crippen LogP contribution in [0.1, 0.15) is 29.5 Å². The van der Waals surface area contributed by atoms with Crippen LogP contribution in [0.25, 0.3) is 5.65 Å². The van der Waals surface area contributed by atoms with E-state index in [4.69, 9.17) is 4.74 Å². The third-order valence-electron chi connectivity index (χ3n) is 4.26. The Labute approximate surface area is 146 Å². The summed E-state index contributed by atoms with van der Waals surface area (Å²) in [6.45, 7) is 4.89. The van der Waals surface area contributed by atoms with E-state index in [9.17, 15) is 13.2 Å². The molecule has 2 aromatic heterocycles. The van der Waals surface area contributed by atoms with Crippen molar-refractivity contribution in [2.75, 3.05) is 26.0 Å². The second kappa shape index (κ2) is 6.64. The number of ether oxygens (including phenoxy) is 1. The first-order chi connectivity index (χ1) is 11.8. The van der Waals surface area contributed by atoms with Crippen molar-refractivity contribution in [3.8, 4) is 5.75 Å². The van der Waals surface area contributed by atoms with Crippen LogP contribution in [-0.2, 0) is 10.0 Å². The maximum atomic E-state index is 12.7. The third-order valence-corrected chi connectivity index (χ3v) is 5.53. The van der Waals surface area contributed by atoms with Crippen molar-refractivity contribution in [2.24, 2.45) is 0 Å².